The summed E-state index contributed by atoms with van der Waals surface area (Å²) in [6, 6.07) is 8.63. The molecule has 0 fully saturated rings. The molecular formula is C14H12N2O5. The monoisotopic (exact) mass is 288 g/mol. The summed E-state index contributed by atoms with van der Waals surface area (Å²) >= 11 is 0. The van der Waals surface area contributed by atoms with E-state index in [0.717, 1.165) is 0 Å². The van der Waals surface area contributed by atoms with Gasteiger partial charge in [-0.1, -0.05) is 0 Å². The zero-order chi connectivity index (χ0) is 15.4. The maximum atomic E-state index is 11.9. The quantitative estimate of drug-likeness (QED) is 0.757. The second-order valence-electron chi connectivity index (χ2n) is 4.20. The number of nitrogens with one attached hydrogen (secondary N) is 1. The molecule has 1 aromatic carbocycles. The molecule has 21 heavy (non-hydrogen) atoms. The van der Waals surface area contributed by atoms with Gasteiger partial charge in [-0.2, -0.15) is 0 Å². The molecule has 2 amide bonds. The van der Waals surface area contributed by atoms with Crippen LogP contribution in [-0.4, -0.2) is 22.9 Å². The number of benzene rings is 1. The van der Waals surface area contributed by atoms with E-state index in [2.05, 4.69) is 5.32 Å². The Hall–Kier alpha value is -3.09. The molecule has 0 unspecified atom stereocenters. The lowest BCUT2D eigenvalue weighted by molar-refractivity contribution is 0.0660. The van der Waals surface area contributed by atoms with Gasteiger partial charge >= 0.3 is 5.97 Å². The standard InChI is InChI=1S/C14H12N2O5/c15-12(17)8-1-3-9(4-2-8)13(18)16-7-10-5-6-11(21-10)14(19)20/h1-6H,7H2,(H2,15,17)(H,16,18)(H,19,20). The van der Waals surface area contributed by atoms with Crippen molar-refractivity contribution < 1.29 is 23.9 Å². The van der Waals surface area contributed by atoms with Gasteiger partial charge in [-0.3, -0.25) is 9.59 Å². The minimum Gasteiger partial charge on any atom is -0.475 e. The van der Waals surface area contributed by atoms with Gasteiger partial charge in [-0.25, -0.2) is 4.79 Å². The van der Waals surface area contributed by atoms with Crippen molar-refractivity contribution in [1.82, 2.24) is 5.32 Å². The number of amides is 2. The van der Waals surface area contributed by atoms with E-state index in [-0.39, 0.29) is 18.2 Å². The van der Waals surface area contributed by atoms with Crippen LogP contribution in [0.25, 0.3) is 0 Å². The lowest BCUT2D eigenvalue weighted by atomic mass is 10.1. The lowest BCUT2D eigenvalue weighted by Crippen LogP contribution is -2.22. The molecule has 0 aliphatic carbocycles. The maximum Gasteiger partial charge on any atom is 0.371 e. The predicted octanol–water partition coefficient (Wildman–Crippen LogP) is 1.01. The van der Waals surface area contributed by atoms with Crippen molar-refractivity contribution in [1.29, 1.82) is 0 Å². The molecule has 1 aromatic heterocycles. The van der Waals surface area contributed by atoms with Crippen LogP contribution in [0.2, 0.25) is 0 Å². The van der Waals surface area contributed by atoms with E-state index >= 15 is 0 Å². The second-order valence-corrected chi connectivity index (χ2v) is 4.20. The summed E-state index contributed by atoms with van der Waals surface area (Å²) < 4.78 is 5.01. The minimum absolute atomic E-state index is 0.0592. The maximum absolute atomic E-state index is 11.9. The van der Waals surface area contributed by atoms with Crippen LogP contribution in [0.4, 0.5) is 0 Å². The summed E-state index contributed by atoms with van der Waals surface area (Å²) in [5, 5.41) is 11.3. The summed E-state index contributed by atoms with van der Waals surface area (Å²) in [7, 11) is 0. The number of furan rings is 1. The summed E-state index contributed by atoms with van der Waals surface area (Å²) in [6.45, 7) is 0.0592. The Kier molecular flexibility index (Phi) is 4.03. The van der Waals surface area contributed by atoms with Crippen LogP contribution in [0.1, 0.15) is 37.0 Å². The van der Waals surface area contributed by atoms with Crippen molar-refractivity contribution in [3.05, 3.63) is 59.0 Å². The van der Waals surface area contributed by atoms with Gasteiger partial charge in [0.2, 0.25) is 11.7 Å². The Morgan fingerprint density at radius 2 is 1.67 bits per heavy atom. The van der Waals surface area contributed by atoms with Crippen molar-refractivity contribution in [3.63, 3.8) is 0 Å². The van der Waals surface area contributed by atoms with Crippen molar-refractivity contribution in [2.75, 3.05) is 0 Å². The van der Waals surface area contributed by atoms with Gasteiger partial charge in [-0.05, 0) is 36.4 Å². The average molecular weight is 288 g/mol. The number of rotatable bonds is 5. The fourth-order valence-corrected chi connectivity index (χ4v) is 1.64. The molecule has 7 nitrogen and oxygen atoms in total. The molecule has 2 rings (SSSR count). The number of primary amides is 1. The molecule has 0 atom stereocenters. The number of carboxylic acid groups (broad SMARTS) is 1. The highest BCUT2D eigenvalue weighted by molar-refractivity contribution is 5.97. The third-order valence-electron chi connectivity index (χ3n) is 2.73. The normalized spacial score (nSPS) is 10.1. The van der Waals surface area contributed by atoms with Crippen molar-refractivity contribution in [2.24, 2.45) is 5.73 Å². The topological polar surface area (TPSA) is 123 Å². The molecule has 0 spiro atoms. The van der Waals surface area contributed by atoms with Gasteiger partial charge in [0.1, 0.15) is 5.76 Å². The molecular weight excluding hydrogens is 276 g/mol. The van der Waals surface area contributed by atoms with Gasteiger partial charge in [-0.15, -0.1) is 0 Å². The Balaban J connectivity index is 1.97. The number of carbonyl (C=O) groups is 3. The fourth-order valence-electron chi connectivity index (χ4n) is 1.64. The molecule has 108 valence electrons. The summed E-state index contributed by atoms with van der Waals surface area (Å²) in [5.41, 5.74) is 5.76. The first-order chi connectivity index (χ1) is 9.97. The zero-order valence-corrected chi connectivity index (χ0v) is 10.8. The second kappa shape index (κ2) is 5.91. The van der Waals surface area contributed by atoms with Crippen LogP contribution in [0, 0.1) is 0 Å². The highest BCUT2D eigenvalue weighted by atomic mass is 16.4. The highest BCUT2D eigenvalue weighted by Crippen LogP contribution is 2.08. The highest BCUT2D eigenvalue weighted by Gasteiger charge is 2.11. The summed E-state index contributed by atoms with van der Waals surface area (Å²) in [5.74, 6) is -1.98. The summed E-state index contributed by atoms with van der Waals surface area (Å²) in [6.07, 6.45) is 0. The van der Waals surface area contributed by atoms with Crippen molar-refractivity contribution in [3.8, 4) is 0 Å². The van der Waals surface area contributed by atoms with Crippen LogP contribution in [-0.2, 0) is 6.54 Å². The van der Waals surface area contributed by atoms with Crippen molar-refractivity contribution >= 4 is 17.8 Å². The first-order valence-corrected chi connectivity index (χ1v) is 5.97. The lowest BCUT2D eigenvalue weighted by Gasteiger charge is -2.04. The predicted molar refractivity (Wildman–Crippen MR) is 71.8 cm³/mol. The first kappa shape index (κ1) is 14.3. The van der Waals surface area contributed by atoms with Gasteiger partial charge < -0.3 is 20.6 Å². The molecule has 1 heterocycles. The molecule has 2 aromatic rings. The third-order valence-corrected chi connectivity index (χ3v) is 2.73. The van der Waals surface area contributed by atoms with E-state index in [1.165, 1.54) is 36.4 Å². The largest absolute Gasteiger partial charge is 0.475 e. The Morgan fingerprint density at radius 3 is 2.19 bits per heavy atom. The van der Waals surface area contributed by atoms with Crippen LogP contribution in [0.15, 0.2) is 40.8 Å². The minimum atomic E-state index is -1.17. The van der Waals surface area contributed by atoms with E-state index in [1.54, 1.807) is 0 Å². The third kappa shape index (κ3) is 3.47. The molecule has 0 saturated heterocycles. The van der Waals surface area contributed by atoms with Crippen LogP contribution in [0.5, 0.6) is 0 Å². The van der Waals surface area contributed by atoms with E-state index < -0.39 is 11.9 Å². The van der Waals surface area contributed by atoms with E-state index in [1.807, 2.05) is 0 Å². The first-order valence-electron chi connectivity index (χ1n) is 5.97. The van der Waals surface area contributed by atoms with E-state index in [0.29, 0.717) is 16.9 Å². The molecule has 4 N–H and O–H groups in total. The number of aromatic carboxylic acids is 1. The molecule has 0 bridgehead atoms. The van der Waals surface area contributed by atoms with Crippen LogP contribution in [0.3, 0.4) is 0 Å². The van der Waals surface area contributed by atoms with Gasteiger partial charge in [0.05, 0.1) is 6.54 Å². The fraction of sp³-hybridized carbons (Fsp3) is 0.0714. The Bertz CT molecular complexity index is 688. The zero-order valence-electron chi connectivity index (χ0n) is 10.8. The SMILES string of the molecule is NC(=O)c1ccc(C(=O)NCc2ccc(C(=O)O)o2)cc1. The molecule has 7 heteroatoms. The Labute approximate surface area is 119 Å². The Morgan fingerprint density at radius 1 is 1.05 bits per heavy atom. The van der Waals surface area contributed by atoms with Crippen molar-refractivity contribution in [2.45, 2.75) is 6.54 Å². The number of hydrogen-bond donors (Lipinski definition) is 3. The van der Waals surface area contributed by atoms with E-state index in [4.69, 9.17) is 15.3 Å². The molecule has 0 aliphatic heterocycles. The number of nitrogens with two attached hydrogens (primary N) is 1. The average Bonchev–Trinajstić information content (AvgIpc) is 2.94. The van der Waals surface area contributed by atoms with Crippen LogP contribution >= 0.6 is 0 Å². The molecule has 0 aliphatic rings. The number of carboxylic acids is 1. The van der Waals surface area contributed by atoms with E-state index in [9.17, 15) is 14.4 Å². The van der Waals surface area contributed by atoms with Crippen LogP contribution < -0.4 is 11.1 Å². The van der Waals surface area contributed by atoms with Gasteiger partial charge in [0.25, 0.3) is 5.91 Å². The van der Waals surface area contributed by atoms with Gasteiger partial charge in [0, 0.05) is 11.1 Å². The number of carbonyl (C=O) groups excluding carboxylic acids is 2. The molecule has 0 saturated carbocycles. The smallest absolute Gasteiger partial charge is 0.371 e. The molecule has 0 radical (unpaired) electrons. The number of hydrogen-bond acceptors (Lipinski definition) is 4. The van der Waals surface area contributed by atoms with Gasteiger partial charge in [0.15, 0.2) is 0 Å². The summed E-state index contributed by atoms with van der Waals surface area (Å²) in [4.78, 5) is 33.4.